The topological polar surface area (TPSA) is 368 Å². The molecule has 0 rings (SSSR count). The van der Waals surface area contributed by atoms with E-state index in [1.165, 1.54) is 25.6 Å². The van der Waals surface area contributed by atoms with Gasteiger partial charge in [-0.1, -0.05) is 0 Å². The molecule has 0 radical (unpaired) electrons. The fraction of sp³-hybridized carbons (Fsp3) is 0.724. The summed E-state index contributed by atoms with van der Waals surface area (Å²) in [6.45, 7) is 3.01. The van der Waals surface area contributed by atoms with Gasteiger partial charge in [-0.15, -0.1) is 0 Å². The fourth-order valence-electron chi connectivity index (χ4n) is 4.36. The monoisotopic (exact) mass is 732 g/mol. The third-order valence-corrected chi connectivity index (χ3v) is 7.93. The Morgan fingerprint density at radius 1 is 0.700 bits per heavy atom. The van der Waals surface area contributed by atoms with Crippen LogP contribution in [0.4, 0.5) is 0 Å². The zero-order valence-electron chi connectivity index (χ0n) is 28.9. The Morgan fingerprint density at radius 3 is 1.78 bits per heavy atom. The Morgan fingerprint density at radius 2 is 1.26 bits per heavy atom. The van der Waals surface area contributed by atoms with Gasteiger partial charge in [0.15, 0.2) is 5.96 Å². The molecule has 0 aromatic carbocycles. The lowest BCUT2D eigenvalue weighted by Gasteiger charge is -2.27. The predicted molar refractivity (Wildman–Crippen MR) is 188 cm³/mol. The largest absolute Gasteiger partial charge is 0.391 e. The van der Waals surface area contributed by atoms with Crippen molar-refractivity contribution in [2.24, 2.45) is 39.4 Å². The lowest BCUT2D eigenvalue weighted by Crippen LogP contribution is -2.61. The van der Waals surface area contributed by atoms with Crippen LogP contribution in [-0.4, -0.2) is 120 Å². The minimum Gasteiger partial charge on any atom is -0.391 e. The number of rotatable bonds is 26. The number of nitrogens with one attached hydrogen (secondary N) is 5. The van der Waals surface area contributed by atoms with Gasteiger partial charge in [0.05, 0.1) is 12.1 Å². The molecule has 0 bridgehead atoms. The molecule has 0 heterocycles. The first-order valence-electron chi connectivity index (χ1n) is 16.2. The number of carbonyl (C=O) groups is 7. The van der Waals surface area contributed by atoms with E-state index in [0.29, 0.717) is 25.1 Å². The second-order valence-corrected chi connectivity index (χ2v) is 12.7. The van der Waals surface area contributed by atoms with Crippen LogP contribution in [0.15, 0.2) is 4.99 Å². The summed E-state index contributed by atoms with van der Waals surface area (Å²) < 4.78 is 0. The number of amides is 7. The summed E-state index contributed by atoms with van der Waals surface area (Å²) >= 11 is 1.45. The van der Waals surface area contributed by atoms with E-state index in [9.17, 15) is 38.7 Å². The zero-order valence-corrected chi connectivity index (χ0v) is 29.8. The molecule has 286 valence electrons. The van der Waals surface area contributed by atoms with Crippen molar-refractivity contribution in [3.8, 4) is 0 Å². The van der Waals surface area contributed by atoms with Gasteiger partial charge in [0, 0.05) is 13.0 Å². The molecule has 0 saturated carbocycles. The van der Waals surface area contributed by atoms with Crippen LogP contribution in [0.1, 0.15) is 65.2 Å². The van der Waals surface area contributed by atoms with Crippen LogP contribution in [0.5, 0.6) is 0 Å². The summed E-state index contributed by atoms with van der Waals surface area (Å²) in [4.78, 5) is 92.2. The lowest BCUT2D eigenvalue weighted by molar-refractivity contribution is -0.136. The third kappa shape index (κ3) is 19.1. The number of hydrogen-bond acceptors (Lipinski definition) is 12. The Hall–Kier alpha value is -4.21. The first-order valence-corrected chi connectivity index (χ1v) is 17.6. The van der Waals surface area contributed by atoms with Gasteiger partial charge in [-0.25, -0.2) is 0 Å². The lowest BCUT2D eigenvalue weighted by atomic mass is 10.1. The van der Waals surface area contributed by atoms with Crippen molar-refractivity contribution in [2.45, 2.75) is 108 Å². The molecule has 0 aromatic heterocycles. The number of hydrogen-bond donors (Lipinski definition) is 12. The van der Waals surface area contributed by atoms with Crippen LogP contribution >= 0.6 is 11.8 Å². The van der Waals surface area contributed by atoms with Crippen molar-refractivity contribution >= 4 is 59.1 Å². The molecule has 0 saturated heterocycles. The summed E-state index contributed by atoms with van der Waals surface area (Å²) in [6, 6.07) is -7.33. The average molecular weight is 733 g/mol. The predicted octanol–water partition coefficient (Wildman–Crippen LogP) is -5.18. The first-order chi connectivity index (χ1) is 23.4. The molecule has 0 fully saturated rings. The average Bonchev–Trinajstić information content (AvgIpc) is 3.04. The van der Waals surface area contributed by atoms with E-state index < -0.39 is 83.7 Å². The Balaban J connectivity index is 5.76. The SMILES string of the molecule is CSCC[C@H](NC(=O)[C@H](CCCCN)NC(=O)[C@@H](NC(=O)[C@H](C)NC(=O)[C@H](CCCN=C(N)N)NC(=O)[C@@H](N)CCC(N)=O)[C@@H](C)O)C(N)=O. The van der Waals surface area contributed by atoms with Gasteiger partial charge in [-0.05, 0) is 77.3 Å². The van der Waals surface area contributed by atoms with Crippen LogP contribution in [0, 0.1) is 0 Å². The Bertz CT molecular complexity index is 1170. The molecule has 0 aliphatic heterocycles. The van der Waals surface area contributed by atoms with Crippen LogP contribution in [-0.2, 0) is 33.6 Å². The maximum atomic E-state index is 13.3. The number of carbonyl (C=O) groups excluding carboxylic acids is 7. The number of nitrogens with two attached hydrogens (primary N) is 6. The summed E-state index contributed by atoms with van der Waals surface area (Å²) in [6.07, 6.45) is 1.82. The number of aliphatic hydroxyl groups is 1. The Kier molecular flexibility index (Phi) is 22.8. The van der Waals surface area contributed by atoms with Crippen LogP contribution in [0.2, 0.25) is 0 Å². The number of unbranched alkanes of at least 4 members (excludes halogenated alkanes) is 1. The summed E-state index contributed by atoms with van der Waals surface area (Å²) in [5.41, 5.74) is 32.6. The highest BCUT2D eigenvalue weighted by molar-refractivity contribution is 7.98. The van der Waals surface area contributed by atoms with Crippen LogP contribution < -0.4 is 61.0 Å². The minimum absolute atomic E-state index is 0.0332. The van der Waals surface area contributed by atoms with Crippen LogP contribution in [0.3, 0.4) is 0 Å². The van der Waals surface area contributed by atoms with Gasteiger partial charge in [-0.2, -0.15) is 11.8 Å². The van der Waals surface area contributed by atoms with Gasteiger partial charge in [0.1, 0.15) is 30.2 Å². The highest BCUT2D eigenvalue weighted by Crippen LogP contribution is 2.07. The van der Waals surface area contributed by atoms with Gasteiger partial charge in [0.25, 0.3) is 0 Å². The van der Waals surface area contributed by atoms with Gasteiger partial charge in [-0.3, -0.25) is 38.6 Å². The second-order valence-electron chi connectivity index (χ2n) is 11.7. The van der Waals surface area contributed by atoms with Crippen molar-refractivity contribution < 1.29 is 38.7 Å². The normalized spacial score (nSPS) is 15.1. The summed E-state index contributed by atoms with van der Waals surface area (Å²) in [5.74, 6) is -5.03. The fourth-order valence-corrected chi connectivity index (χ4v) is 4.83. The van der Waals surface area contributed by atoms with E-state index in [1.54, 1.807) is 0 Å². The molecule has 7 amide bonds. The van der Waals surface area contributed by atoms with E-state index in [1.807, 2.05) is 6.26 Å². The maximum Gasteiger partial charge on any atom is 0.245 e. The molecule has 20 nitrogen and oxygen atoms in total. The molecular weight excluding hydrogens is 676 g/mol. The molecule has 18 N–H and O–H groups in total. The number of guanidine groups is 1. The number of thioether (sulfide) groups is 1. The molecule has 0 aliphatic rings. The van der Waals surface area contributed by atoms with Crippen molar-refractivity contribution in [3.63, 3.8) is 0 Å². The first kappa shape index (κ1) is 45.8. The van der Waals surface area contributed by atoms with Crippen LogP contribution in [0.25, 0.3) is 0 Å². The van der Waals surface area contributed by atoms with E-state index in [2.05, 4.69) is 31.6 Å². The molecular formula is C29H56N12O8S. The summed E-state index contributed by atoms with van der Waals surface area (Å²) in [7, 11) is 0. The number of aliphatic imine (C=N–C) groups is 1. The second kappa shape index (κ2) is 24.8. The zero-order chi connectivity index (χ0) is 38.4. The standard InChI is InChI=1S/C29H56N12O8S/c1-15(37-26(47)20(8-6-13-36-29(34)35)39-25(46)17(31)9-10-21(32)43)24(45)41-22(16(2)42)28(49)40-19(7-4-5-12-30)27(48)38-18(23(33)44)11-14-50-3/h15-20,22,42H,4-14,30-31H2,1-3H3,(H2,32,43)(H2,33,44)(H,37,47)(H,38,48)(H,39,46)(H,40,49)(H,41,45)(H4,34,35,36)/t15-,16+,17-,18-,19-,20-,22-/m0/s1. The minimum atomic E-state index is -1.56. The van der Waals surface area contributed by atoms with E-state index in [0.717, 1.165) is 0 Å². The molecule has 0 aliphatic carbocycles. The molecule has 0 unspecified atom stereocenters. The van der Waals surface area contributed by atoms with E-state index >= 15 is 0 Å². The molecule has 21 heteroatoms. The highest BCUT2D eigenvalue weighted by Gasteiger charge is 2.33. The van der Waals surface area contributed by atoms with Crippen molar-refractivity contribution in [1.29, 1.82) is 0 Å². The number of aliphatic hydroxyl groups excluding tert-OH is 1. The number of nitrogens with zero attached hydrogens (tertiary/aromatic N) is 1. The van der Waals surface area contributed by atoms with Gasteiger partial charge in [0.2, 0.25) is 41.4 Å². The molecule has 0 aromatic rings. The molecule has 7 atom stereocenters. The number of primary amides is 2. The van der Waals surface area contributed by atoms with Crippen molar-refractivity contribution in [2.75, 3.05) is 25.1 Å². The van der Waals surface area contributed by atoms with E-state index in [-0.39, 0.29) is 51.0 Å². The van der Waals surface area contributed by atoms with Gasteiger partial charge >= 0.3 is 0 Å². The van der Waals surface area contributed by atoms with Gasteiger partial charge < -0.3 is 66.1 Å². The highest BCUT2D eigenvalue weighted by atomic mass is 32.2. The third-order valence-electron chi connectivity index (χ3n) is 7.28. The maximum absolute atomic E-state index is 13.3. The smallest absolute Gasteiger partial charge is 0.245 e. The quantitative estimate of drug-likeness (QED) is 0.0225. The summed E-state index contributed by atoms with van der Waals surface area (Å²) in [5, 5.41) is 22.8. The Labute approximate surface area is 296 Å². The van der Waals surface area contributed by atoms with Crippen molar-refractivity contribution in [1.82, 2.24) is 26.6 Å². The van der Waals surface area contributed by atoms with E-state index in [4.69, 9.17) is 34.4 Å². The molecule has 50 heavy (non-hydrogen) atoms. The van der Waals surface area contributed by atoms with Crippen molar-refractivity contribution in [3.05, 3.63) is 0 Å². The molecule has 0 spiro atoms.